The molecule has 2 fully saturated rings. The highest BCUT2D eigenvalue weighted by Crippen LogP contribution is 2.30. The molecular weight excluding hydrogens is 228 g/mol. The maximum absolute atomic E-state index is 12.7. The zero-order valence-electron chi connectivity index (χ0n) is 11.9. The van der Waals surface area contributed by atoms with Gasteiger partial charge in [0.2, 0.25) is 5.91 Å². The summed E-state index contributed by atoms with van der Waals surface area (Å²) >= 11 is 0. The van der Waals surface area contributed by atoms with Crippen LogP contribution >= 0.6 is 0 Å². The lowest BCUT2D eigenvalue weighted by Crippen LogP contribution is -2.47. The average Bonchev–Trinajstić information content (AvgIpc) is 2.64. The zero-order chi connectivity index (χ0) is 13.2. The van der Waals surface area contributed by atoms with Crippen molar-refractivity contribution >= 4 is 5.91 Å². The zero-order valence-corrected chi connectivity index (χ0v) is 11.9. The second-order valence-corrected chi connectivity index (χ2v) is 5.69. The summed E-state index contributed by atoms with van der Waals surface area (Å²) in [5, 5.41) is 3.55. The van der Waals surface area contributed by atoms with Crippen molar-refractivity contribution in [3.05, 3.63) is 0 Å². The third kappa shape index (κ3) is 2.41. The van der Waals surface area contributed by atoms with E-state index in [1.54, 1.807) is 0 Å². The molecule has 2 saturated heterocycles. The fourth-order valence-corrected chi connectivity index (χ4v) is 3.05. The lowest BCUT2D eigenvalue weighted by molar-refractivity contribution is -0.137. The Morgan fingerprint density at radius 1 is 1.39 bits per heavy atom. The third-order valence-corrected chi connectivity index (χ3v) is 4.38. The largest absolute Gasteiger partial charge is 0.381 e. The molecule has 2 rings (SSSR count). The van der Waals surface area contributed by atoms with E-state index in [0.717, 1.165) is 45.3 Å². The minimum absolute atomic E-state index is 0.218. The van der Waals surface area contributed by atoms with E-state index in [1.807, 2.05) is 6.92 Å². The van der Waals surface area contributed by atoms with Gasteiger partial charge in [0.05, 0.1) is 11.7 Å². The van der Waals surface area contributed by atoms with E-state index in [2.05, 4.69) is 24.1 Å². The first-order valence-corrected chi connectivity index (χ1v) is 7.30. The minimum Gasteiger partial charge on any atom is -0.381 e. The first-order valence-electron chi connectivity index (χ1n) is 7.30. The summed E-state index contributed by atoms with van der Waals surface area (Å²) < 4.78 is 5.41. The quantitative estimate of drug-likeness (QED) is 0.833. The molecule has 2 atom stereocenters. The van der Waals surface area contributed by atoms with Crippen LogP contribution in [0, 0.1) is 0 Å². The van der Waals surface area contributed by atoms with Crippen molar-refractivity contribution in [2.24, 2.45) is 0 Å². The number of amides is 1. The van der Waals surface area contributed by atoms with Crippen LogP contribution in [0.3, 0.4) is 0 Å². The number of ether oxygens (including phenoxy) is 1. The first kappa shape index (κ1) is 13.8. The van der Waals surface area contributed by atoms with Crippen LogP contribution in [-0.2, 0) is 9.53 Å². The van der Waals surface area contributed by atoms with E-state index < -0.39 is 0 Å². The Kier molecular flexibility index (Phi) is 4.28. The molecule has 0 bridgehead atoms. The van der Waals surface area contributed by atoms with Crippen LogP contribution in [-0.4, -0.2) is 41.8 Å². The normalized spacial score (nSPS) is 34.3. The summed E-state index contributed by atoms with van der Waals surface area (Å²) in [4.78, 5) is 14.8. The van der Waals surface area contributed by atoms with Crippen LogP contribution in [0.2, 0.25) is 0 Å². The van der Waals surface area contributed by atoms with E-state index in [1.165, 1.54) is 0 Å². The van der Waals surface area contributed by atoms with Gasteiger partial charge in [0.15, 0.2) is 0 Å². The number of carbonyl (C=O) groups excluding carboxylic acids is 1. The Balaban J connectivity index is 2.15. The van der Waals surface area contributed by atoms with Gasteiger partial charge in [-0.05, 0) is 32.6 Å². The van der Waals surface area contributed by atoms with Gasteiger partial charge in [0, 0.05) is 19.3 Å². The Labute approximate surface area is 110 Å². The van der Waals surface area contributed by atoms with E-state index in [0.29, 0.717) is 6.04 Å². The SMILES string of the molecule is CCCC1NC(C)(CC)C(=O)N1C1CCOCC1. The summed E-state index contributed by atoms with van der Waals surface area (Å²) in [5.74, 6) is 0.287. The standard InChI is InChI=1S/C14H26N2O2/c1-4-6-12-15-14(3,5-2)13(17)16(12)11-7-9-18-10-8-11/h11-12,15H,4-10H2,1-3H3. The highest BCUT2D eigenvalue weighted by Gasteiger charge is 2.48. The van der Waals surface area contributed by atoms with Crippen LogP contribution < -0.4 is 5.32 Å². The average molecular weight is 254 g/mol. The number of rotatable bonds is 4. The van der Waals surface area contributed by atoms with Crippen LogP contribution in [0.5, 0.6) is 0 Å². The number of nitrogens with one attached hydrogen (secondary N) is 1. The van der Waals surface area contributed by atoms with Crippen molar-refractivity contribution in [1.82, 2.24) is 10.2 Å². The van der Waals surface area contributed by atoms with Crippen molar-refractivity contribution in [3.63, 3.8) is 0 Å². The number of carbonyl (C=O) groups is 1. The third-order valence-electron chi connectivity index (χ3n) is 4.38. The van der Waals surface area contributed by atoms with Crippen molar-refractivity contribution in [2.45, 2.75) is 70.6 Å². The molecule has 4 heteroatoms. The van der Waals surface area contributed by atoms with E-state index in [4.69, 9.17) is 4.74 Å². The molecule has 4 nitrogen and oxygen atoms in total. The lowest BCUT2D eigenvalue weighted by Gasteiger charge is -2.35. The van der Waals surface area contributed by atoms with E-state index >= 15 is 0 Å². The van der Waals surface area contributed by atoms with Gasteiger partial charge in [0.1, 0.15) is 0 Å². The van der Waals surface area contributed by atoms with Crippen LogP contribution in [0.1, 0.15) is 52.9 Å². The Morgan fingerprint density at radius 3 is 2.61 bits per heavy atom. The topological polar surface area (TPSA) is 41.6 Å². The smallest absolute Gasteiger partial charge is 0.244 e. The molecule has 0 aromatic carbocycles. The molecule has 2 heterocycles. The molecule has 2 aliphatic heterocycles. The van der Waals surface area contributed by atoms with Crippen molar-refractivity contribution in [3.8, 4) is 0 Å². The molecule has 0 aromatic heterocycles. The van der Waals surface area contributed by atoms with Gasteiger partial charge in [-0.2, -0.15) is 0 Å². The molecule has 0 radical (unpaired) electrons. The fraction of sp³-hybridized carbons (Fsp3) is 0.929. The minimum atomic E-state index is -0.363. The Bertz CT molecular complexity index is 302. The maximum atomic E-state index is 12.7. The monoisotopic (exact) mass is 254 g/mol. The molecule has 2 unspecified atom stereocenters. The van der Waals surface area contributed by atoms with Crippen molar-refractivity contribution < 1.29 is 9.53 Å². The Hall–Kier alpha value is -0.610. The summed E-state index contributed by atoms with van der Waals surface area (Å²) in [6, 6.07) is 0.365. The molecule has 104 valence electrons. The Morgan fingerprint density at radius 2 is 2.06 bits per heavy atom. The molecule has 0 aliphatic carbocycles. The van der Waals surface area contributed by atoms with Crippen LogP contribution in [0.15, 0.2) is 0 Å². The van der Waals surface area contributed by atoms with Gasteiger partial charge < -0.3 is 9.64 Å². The predicted molar refractivity (Wildman–Crippen MR) is 71.2 cm³/mol. The second-order valence-electron chi connectivity index (χ2n) is 5.69. The van der Waals surface area contributed by atoms with Gasteiger partial charge in [-0.15, -0.1) is 0 Å². The highest BCUT2D eigenvalue weighted by atomic mass is 16.5. The maximum Gasteiger partial charge on any atom is 0.244 e. The summed E-state index contributed by atoms with van der Waals surface area (Å²) in [6.45, 7) is 7.88. The summed E-state index contributed by atoms with van der Waals surface area (Å²) in [5.41, 5.74) is -0.363. The molecule has 2 aliphatic rings. The molecule has 1 amide bonds. The molecule has 18 heavy (non-hydrogen) atoms. The van der Waals surface area contributed by atoms with Crippen molar-refractivity contribution in [2.75, 3.05) is 13.2 Å². The fourth-order valence-electron chi connectivity index (χ4n) is 3.05. The van der Waals surface area contributed by atoms with Gasteiger partial charge in [0.25, 0.3) is 0 Å². The van der Waals surface area contributed by atoms with Crippen LogP contribution in [0.25, 0.3) is 0 Å². The molecule has 0 aromatic rings. The van der Waals surface area contributed by atoms with Crippen LogP contribution in [0.4, 0.5) is 0 Å². The molecule has 0 saturated carbocycles. The number of hydrogen-bond acceptors (Lipinski definition) is 3. The van der Waals surface area contributed by atoms with Gasteiger partial charge in [-0.1, -0.05) is 20.3 Å². The van der Waals surface area contributed by atoms with Gasteiger partial charge in [-0.3, -0.25) is 10.1 Å². The van der Waals surface area contributed by atoms with Crippen molar-refractivity contribution in [1.29, 1.82) is 0 Å². The van der Waals surface area contributed by atoms with E-state index in [9.17, 15) is 4.79 Å². The molecule has 0 spiro atoms. The molecular formula is C14H26N2O2. The second kappa shape index (κ2) is 5.57. The first-order chi connectivity index (χ1) is 8.62. The van der Waals surface area contributed by atoms with Gasteiger partial charge in [-0.25, -0.2) is 0 Å². The van der Waals surface area contributed by atoms with E-state index in [-0.39, 0.29) is 17.6 Å². The number of hydrogen-bond donors (Lipinski definition) is 1. The van der Waals surface area contributed by atoms with Gasteiger partial charge >= 0.3 is 0 Å². The molecule has 1 N–H and O–H groups in total. The summed E-state index contributed by atoms with van der Waals surface area (Å²) in [7, 11) is 0. The number of nitrogens with zero attached hydrogens (tertiary/aromatic N) is 1. The highest BCUT2D eigenvalue weighted by molar-refractivity contribution is 5.88. The summed E-state index contributed by atoms with van der Waals surface area (Å²) in [6.07, 6.45) is 5.17. The predicted octanol–water partition coefficient (Wildman–Crippen LogP) is 1.89. The lowest BCUT2D eigenvalue weighted by atomic mass is 9.98.